The van der Waals surface area contributed by atoms with Crippen LogP contribution in [0.5, 0.6) is 11.6 Å². The zero-order chi connectivity index (χ0) is 21.8. The monoisotopic (exact) mass is 430 g/mol. The van der Waals surface area contributed by atoms with E-state index >= 15 is 0 Å². The predicted molar refractivity (Wildman–Crippen MR) is 123 cm³/mol. The van der Waals surface area contributed by atoms with E-state index < -0.39 is 0 Å². The van der Waals surface area contributed by atoms with E-state index in [1.807, 2.05) is 36.4 Å². The minimum Gasteiger partial charge on any atom is -0.437 e. The summed E-state index contributed by atoms with van der Waals surface area (Å²) in [6.07, 6.45) is 9.49. The highest BCUT2D eigenvalue weighted by Crippen LogP contribution is 2.32. The molecule has 8 heteroatoms. The van der Waals surface area contributed by atoms with E-state index in [9.17, 15) is 4.79 Å². The van der Waals surface area contributed by atoms with Crippen LogP contribution in [0.2, 0.25) is 0 Å². The van der Waals surface area contributed by atoms with Crippen molar-refractivity contribution in [3.05, 3.63) is 55.0 Å². The van der Waals surface area contributed by atoms with Crippen LogP contribution in [0.3, 0.4) is 0 Å². The molecule has 1 aliphatic carbocycles. The van der Waals surface area contributed by atoms with E-state index in [1.165, 1.54) is 6.42 Å². The number of pyridine rings is 1. The molecule has 8 nitrogen and oxygen atoms in total. The first-order valence-electron chi connectivity index (χ1n) is 11.1. The molecule has 3 aromatic rings. The fraction of sp³-hybridized carbons (Fsp3) is 0.333. The summed E-state index contributed by atoms with van der Waals surface area (Å²) >= 11 is 0. The third-order valence-electron chi connectivity index (χ3n) is 5.66. The van der Waals surface area contributed by atoms with Crippen LogP contribution < -0.4 is 20.7 Å². The van der Waals surface area contributed by atoms with Crippen LogP contribution in [0, 0.1) is 5.92 Å². The second kappa shape index (κ2) is 9.32. The molecule has 3 heterocycles. The Labute approximate surface area is 186 Å². The van der Waals surface area contributed by atoms with Gasteiger partial charge in [-0.25, -0.2) is 4.98 Å². The third kappa shape index (κ3) is 5.03. The average molecular weight is 431 g/mol. The van der Waals surface area contributed by atoms with E-state index in [1.54, 1.807) is 18.6 Å². The molecular weight excluding hydrogens is 404 g/mol. The van der Waals surface area contributed by atoms with Crippen LogP contribution in [-0.4, -0.2) is 40.0 Å². The summed E-state index contributed by atoms with van der Waals surface area (Å²) in [6, 6.07) is 11.5. The van der Waals surface area contributed by atoms with Crippen molar-refractivity contribution in [2.75, 3.05) is 23.7 Å². The van der Waals surface area contributed by atoms with Crippen LogP contribution in [0.25, 0.3) is 11.4 Å². The maximum absolute atomic E-state index is 12.0. The minimum atomic E-state index is 0.0857. The van der Waals surface area contributed by atoms with E-state index in [4.69, 9.17) is 4.74 Å². The Balaban J connectivity index is 1.34. The number of carbonyl (C=O) groups is 1. The van der Waals surface area contributed by atoms with Crippen molar-refractivity contribution >= 4 is 17.3 Å². The lowest BCUT2D eigenvalue weighted by Gasteiger charge is -2.16. The molecule has 1 aromatic carbocycles. The van der Waals surface area contributed by atoms with E-state index in [2.05, 4.69) is 30.9 Å². The summed E-state index contributed by atoms with van der Waals surface area (Å²) < 4.78 is 6.14. The molecule has 2 aliphatic rings. The van der Waals surface area contributed by atoms with Gasteiger partial charge >= 0.3 is 0 Å². The van der Waals surface area contributed by atoms with Crippen molar-refractivity contribution in [3.8, 4) is 23.0 Å². The first kappa shape index (κ1) is 20.4. The molecule has 1 aliphatic heterocycles. The molecule has 32 heavy (non-hydrogen) atoms. The van der Waals surface area contributed by atoms with Gasteiger partial charge in [0.2, 0.25) is 11.8 Å². The van der Waals surface area contributed by atoms with Crippen molar-refractivity contribution in [1.29, 1.82) is 0 Å². The Kier molecular flexibility index (Phi) is 5.93. The average Bonchev–Trinajstić information content (AvgIpc) is 3.56. The number of benzene rings is 1. The van der Waals surface area contributed by atoms with Crippen LogP contribution in [0.15, 0.2) is 55.0 Å². The normalized spacial score (nSPS) is 17.7. The van der Waals surface area contributed by atoms with E-state index in [0.29, 0.717) is 23.5 Å². The molecule has 5 rings (SSSR count). The van der Waals surface area contributed by atoms with Crippen LogP contribution in [-0.2, 0) is 4.79 Å². The Morgan fingerprint density at radius 2 is 2.00 bits per heavy atom. The molecule has 1 amide bonds. The Morgan fingerprint density at radius 3 is 2.72 bits per heavy atom. The number of hydrogen-bond donors (Lipinski definition) is 3. The largest absolute Gasteiger partial charge is 0.437 e. The van der Waals surface area contributed by atoms with Crippen LogP contribution in [0.1, 0.15) is 25.7 Å². The summed E-state index contributed by atoms with van der Waals surface area (Å²) in [5.74, 6) is 1.88. The van der Waals surface area contributed by atoms with Crippen molar-refractivity contribution in [2.45, 2.75) is 31.7 Å². The van der Waals surface area contributed by atoms with Crippen LogP contribution in [0.4, 0.5) is 11.4 Å². The van der Waals surface area contributed by atoms with Crippen molar-refractivity contribution in [3.63, 3.8) is 0 Å². The lowest BCUT2D eigenvalue weighted by molar-refractivity contribution is -0.117. The number of hydrogen-bond acceptors (Lipinski definition) is 7. The quantitative estimate of drug-likeness (QED) is 0.499. The highest BCUT2D eigenvalue weighted by molar-refractivity contribution is 5.94. The number of nitrogens with zero attached hydrogens (tertiary/aromatic N) is 3. The topological polar surface area (TPSA) is 101 Å². The third-order valence-corrected chi connectivity index (χ3v) is 5.66. The highest BCUT2D eigenvalue weighted by Gasteiger charge is 2.29. The number of nitrogens with one attached hydrogen (secondary N) is 3. The van der Waals surface area contributed by atoms with Gasteiger partial charge in [-0.2, -0.15) is 4.98 Å². The van der Waals surface area contributed by atoms with Gasteiger partial charge in [-0.15, -0.1) is 0 Å². The minimum absolute atomic E-state index is 0.0857. The lowest BCUT2D eigenvalue weighted by atomic mass is 10.2. The molecule has 164 valence electrons. The van der Waals surface area contributed by atoms with E-state index in [0.717, 1.165) is 49.3 Å². The molecule has 2 aromatic heterocycles. The number of amides is 1. The Bertz CT molecular complexity index is 1060. The van der Waals surface area contributed by atoms with Crippen LogP contribution >= 0.6 is 0 Å². The molecule has 3 N–H and O–H groups in total. The number of rotatable bonds is 8. The lowest BCUT2D eigenvalue weighted by Crippen LogP contribution is -2.29. The fourth-order valence-electron chi connectivity index (χ4n) is 3.67. The first-order chi connectivity index (χ1) is 15.7. The summed E-state index contributed by atoms with van der Waals surface area (Å²) in [5.41, 5.74) is 2.32. The smallest absolute Gasteiger partial charge is 0.246 e. The summed E-state index contributed by atoms with van der Waals surface area (Å²) in [7, 11) is 0. The molecule has 1 saturated heterocycles. The molecule has 0 radical (unpaired) electrons. The second-order valence-corrected chi connectivity index (χ2v) is 8.22. The van der Waals surface area contributed by atoms with Gasteiger partial charge in [0.15, 0.2) is 5.82 Å². The van der Waals surface area contributed by atoms with Crippen molar-refractivity contribution in [2.24, 2.45) is 5.92 Å². The summed E-state index contributed by atoms with van der Waals surface area (Å²) in [4.78, 5) is 25.3. The first-order valence-corrected chi connectivity index (χ1v) is 11.1. The SMILES string of the molecule is O=C(Nc1ccc(Oc2nc(-c3cccnc3)ncc2NC[C@@H]2CCCN2)cc1)C1CC1. The number of ether oxygens (including phenoxy) is 1. The van der Waals surface area contributed by atoms with Crippen molar-refractivity contribution in [1.82, 2.24) is 20.3 Å². The van der Waals surface area contributed by atoms with Gasteiger partial charge in [-0.3, -0.25) is 9.78 Å². The van der Waals surface area contributed by atoms with Gasteiger partial charge in [-0.05, 0) is 68.6 Å². The molecular formula is C24H26N6O2. The van der Waals surface area contributed by atoms with Gasteiger partial charge in [0.05, 0.1) is 6.20 Å². The zero-order valence-electron chi connectivity index (χ0n) is 17.8. The summed E-state index contributed by atoms with van der Waals surface area (Å²) in [5, 5.41) is 9.85. The van der Waals surface area contributed by atoms with Gasteiger partial charge in [-0.1, -0.05) is 0 Å². The van der Waals surface area contributed by atoms with Crippen molar-refractivity contribution < 1.29 is 9.53 Å². The fourth-order valence-corrected chi connectivity index (χ4v) is 3.67. The number of carbonyl (C=O) groups excluding carboxylic acids is 1. The second-order valence-electron chi connectivity index (χ2n) is 8.22. The predicted octanol–water partition coefficient (Wildman–Crippen LogP) is 3.84. The number of anilines is 2. The van der Waals surface area contributed by atoms with Gasteiger partial charge < -0.3 is 20.7 Å². The van der Waals surface area contributed by atoms with Gasteiger partial charge in [0, 0.05) is 42.1 Å². The maximum Gasteiger partial charge on any atom is 0.246 e. The van der Waals surface area contributed by atoms with Gasteiger partial charge in [0.1, 0.15) is 11.4 Å². The Hall–Kier alpha value is -3.52. The molecule has 0 spiro atoms. The Morgan fingerprint density at radius 1 is 1.12 bits per heavy atom. The van der Waals surface area contributed by atoms with E-state index in [-0.39, 0.29) is 11.8 Å². The zero-order valence-corrected chi connectivity index (χ0v) is 17.8. The molecule has 0 unspecified atom stereocenters. The molecule has 1 atom stereocenters. The standard InChI is InChI=1S/C24H26N6O2/c31-23(16-5-6-16)29-18-7-9-20(10-8-18)32-24-21(27-14-19-4-2-12-26-19)15-28-22(30-24)17-3-1-11-25-13-17/h1,3,7-11,13,15-16,19,26-27H,2,4-6,12,14H2,(H,29,31)/t19-/m0/s1. The molecule has 0 bridgehead atoms. The number of aromatic nitrogens is 3. The highest BCUT2D eigenvalue weighted by atomic mass is 16.5. The maximum atomic E-state index is 12.0. The summed E-state index contributed by atoms with van der Waals surface area (Å²) in [6.45, 7) is 1.83. The van der Waals surface area contributed by atoms with Gasteiger partial charge in [0.25, 0.3) is 0 Å². The molecule has 1 saturated carbocycles. The molecule has 2 fully saturated rings.